The molecule has 1 aliphatic heterocycles. The van der Waals surface area contributed by atoms with Gasteiger partial charge >= 0.3 is 0 Å². The lowest BCUT2D eigenvalue weighted by atomic mass is 10.1. The summed E-state index contributed by atoms with van der Waals surface area (Å²) < 4.78 is 27.1. The maximum absolute atomic E-state index is 12.7. The third kappa shape index (κ3) is 2.43. The van der Waals surface area contributed by atoms with Crippen LogP contribution in [0.1, 0.15) is 25.3 Å². The highest BCUT2D eigenvalue weighted by Gasteiger charge is 2.32. The minimum Gasteiger partial charge on any atom is -0.244 e. The maximum Gasteiger partial charge on any atom is 0.243 e. The van der Waals surface area contributed by atoms with Crippen LogP contribution in [0.3, 0.4) is 0 Å². The number of nitrogens with zero attached hydrogens (tertiary/aromatic N) is 2. The molecule has 1 aliphatic rings. The zero-order valence-corrected chi connectivity index (χ0v) is 13.6. The fourth-order valence-corrected chi connectivity index (χ4v) is 4.82. The summed E-state index contributed by atoms with van der Waals surface area (Å²) in [5, 5.41) is 1.95. The zero-order valence-electron chi connectivity index (χ0n) is 12.0. The normalized spacial score (nSPS) is 20.2. The summed E-state index contributed by atoms with van der Waals surface area (Å²) in [5.41, 5.74) is 0.980. The first-order valence-electron chi connectivity index (χ1n) is 6.98. The van der Waals surface area contributed by atoms with E-state index in [2.05, 4.69) is 4.98 Å². The minimum atomic E-state index is -3.46. The number of pyridine rings is 1. The molecule has 0 radical (unpaired) electrons. The summed E-state index contributed by atoms with van der Waals surface area (Å²) in [5.74, 6) is 0. The Bertz CT molecular complexity index is 805. The Morgan fingerprint density at radius 2 is 2.10 bits per heavy atom. The first-order valence-corrected chi connectivity index (χ1v) is 8.80. The highest BCUT2D eigenvalue weighted by atomic mass is 35.5. The smallest absolute Gasteiger partial charge is 0.243 e. The highest BCUT2D eigenvalue weighted by molar-refractivity contribution is 7.89. The highest BCUT2D eigenvalue weighted by Crippen LogP contribution is 2.30. The van der Waals surface area contributed by atoms with Crippen LogP contribution in [0.2, 0.25) is 5.15 Å². The number of sulfonamides is 1. The van der Waals surface area contributed by atoms with Gasteiger partial charge in [-0.3, -0.25) is 0 Å². The van der Waals surface area contributed by atoms with Crippen molar-refractivity contribution >= 4 is 32.4 Å². The van der Waals surface area contributed by atoms with Crippen molar-refractivity contribution in [3.05, 3.63) is 35.1 Å². The summed E-state index contributed by atoms with van der Waals surface area (Å²) in [6.07, 6.45) is 3.52. The molecule has 4 nitrogen and oxygen atoms in total. The first-order chi connectivity index (χ1) is 9.91. The third-order valence-electron chi connectivity index (χ3n) is 4.11. The van der Waals surface area contributed by atoms with Crippen LogP contribution in [0, 0.1) is 6.92 Å². The second-order valence-electron chi connectivity index (χ2n) is 5.55. The van der Waals surface area contributed by atoms with Crippen molar-refractivity contribution in [3.63, 3.8) is 0 Å². The Morgan fingerprint density at radius 3 is 2.76 bits per heavy atom. The summed E-state index contributed by atoms with van der Waals surface area (Å²) in [7, 11) is -3.46. The number of rotatable bonds is 2. The van der Waals surface area contributed by atoms with Gasteiger partial charge in [0.1, 0.15) is 5.15 Å². The van der Waals surface area contributed by atoms with Crippen molar-refractivity contribution in [2.24, 2.45) is 0 Å². The van der Waals surface area contributed by atoms with Gasteiger partial charge in [-0.05, 0) is 49.8 Å². The Morgan fingerprint density at radius 1 is 1.33 bits per heavy atom. The lowest BCUT2D eigenvalue weighted by molar-refractivity contribution is 0.408. The monoisotopic (exact) mass is 324 g/mol. The number of aryl methyl sites for hydroxylation is 1. The van der Waals surface area contributed by atoms with Crippen molar-refractivity contribution in [1.29, 1.82) is 0 Å². The second-order valence-corrected chi connectivity index (χ2v) is 7.79. The number of aromatic nitrogens is 1. The van der Waals surface area contributed by atoms with Crippen LogP contribution in [-0.2, 0) is 10.0 Å². The molecule has 3 rings (SSSR count). The van der Waals surface area contributed by atoms with Gasteiger partial charge in [-0.2, -0.15) is 4.31 Å². The summed E-state index contributed by atoms with van der Waals surface area (Å²) in [6, 6.07) is 5.16. The Labute approximate surface area is 129 Å². The molecular formula is C15H17ClN2O2S. The molecule has 0 aliphatic carbocycles. The van der Waals surface area contributed by atoms with Gasteiger partial charge in [0.2, 0.25) is 10.0 Å². The summed E-state index contributed by atoms with van der Waals surface area (Å²) in [4.78, 5) is 4.39. The van der Waals surface area contributed by atoms with Crippen LogP contribution in [0.4, 0.5) is 0 Å². The lowest BCUT2D eigenvalue weighted by Crippen LogP contribution is -2.33. The molecule has 0 saturated carbocycles. The van der Waals surface area contributed by atoms with Crippen molar-refractivity contribution in [1.82, 2.24) is 9.29 Å². The van der Waals surface area contributed by atoms with E-state index in [4.69, 9.17) is 11.6 Å². The molecule has 1 fully saturated rings. The van der Waals surface area contributed by atoms with Gasteiger partial charge in [0.15, 0.2) is 0 Å². The molecule has 1 atom stereocenters. The Kier molecular flexibility index (Phi) is 3.67. The number of fused-ring (bicyclic) bond motifs is 1. The van der Waals surface area contributed by atoms with E-state index in [0.29, 0.717) is 17.1 Å². The molecule has 2 aromatic rings. The van der Waals surface area contributed by atoms with Gasteiger partial charge in [0.05, 0.1) is 4.90 Å². The molecule has 0 amide bonds. The molecular weight excluding hydrogens is 308 g/mol. The predicted molar refractivity (Wildman–Crippen MR) is 84.1 cm³/mol. The molecule has 0 spiro atoms. The molecule has 1 aromatic carbocycles. The van der Waals surface area contributed by atoms with Crippen LogP contribution in [0.5, 0.6) is 0 Å². The van der Waals surface area contributed by atoms with E-state index in [-0.39, 0.29) is 10.9 Å². The molecule has 1 aromatic heterocycles. The Hall–Kier alpha value is -1.17. The van der Waals surface area contributed by atoms with E-state index >= 15 is 0 Å². The fourth-order valence-electron chi connectivity index (χ4n) is 2.89. The molecule has 0 N–H and O–H groups in total. The third-order valence-corrected chi connectivity index (χ3v) is 6.42. The Balaban J connectivity index is 2.15. The number of hydrogen-bond acceptors (Lipinski definition) is 3. The summed E-state index contributed by atoms with van der Waals surface area (Å²) in [6.45, 7) is 4.47. The van der Waals surface area contributed by atoms with Crippen molar-refractivity contribution in [2.45, 2.75) is 37.6 Å². The predicted octanol–water partition coefficient (Wildman–Crippen LogP) is 3.37. The van der Waals surface area contributed by atoms with Gasteiger partial charge in [-0.15, -0.1) is 0 Å². The molecule has 21 heavy (non-hydrogen) atoms. The van der Waals surface area contributed by atoms with Crippen molar-refractivity contribution in [3.8, 4) is 0 Å². The maximum atomic E-state index is 12.7. The van der Waals surface area contributed by atoms with Gasteiger partial charge in [0.25, 0.3) is 0 Å². The van der Waals surface area contributed by atoms with E-state index in [0.717, 1.165) is 23.8 Å². The van der Waals surface area contributed by atoms with E-state index in [1.54, 1.807) is 22.6 Å². The molecule has 1 saturated heterocycles. The van der Waals surface area contributed by atoms with Crippen molar-refractivity contribution in [2.75, 3.05) is 6.54 Å². The largest absolute Gasteiger partial charge is 0.244 e. The van der Waals surface area contributed by atoms with E-state index in [1.165, 1.54) is 0 Å². The lowest BCUT2D eigenvalue weighted by Gasteiger charge is -2.21. The standard InChI is InChI=1S/C15H17ClN2O2S/c1-10-9-17-15(16)14-8-12(5-6-13(10)14)21(19,20)18-7-3-4-11(18)2/h5-6,8-9,11H,3-4,7H2,1-2H3/t11-/m0/s1. The molecule has 0 bridgehead atoms. The van der Waals surface area contributed by atoms with Crippen LogP contribution < -0.4 is 0 Å². The number of hydrogen-bond donors (Lipinski definition) is 0. The van der Waals surface area contributed by atoms with Crippen LogP contribution >= 0.6 is 11.6 Å². The minimum absolute atomic E-state index is 0.0526. The first kappa shape index (κ1) is 14.8. The van der Waals surface area contributed by atoms with Gasteiger partial charge < -0.3 is 0 Å². The average molecular weight is 325 g/mol. The van der Waals surface area contributed by atoms with Crippen molar-refractivity contribution < 1.29 is 8.42 Å². The molecule has 2 heterocycles. The average Bonchev–Trinajstić information content (AvgIpc) is 2.89. The van der Waals surface area contributed by atoms with E-state index < -0.39 is 10.0 Å². The van der Waals surface area contributed by atoms with E-state index in [9.17, 15) is 8.42 Å². The quantitative estimate of drug-likeness (QED) is 0.796. The number of halogens is 1. The molecule has 112 valence electrons. The topological polar surface area (TPSA) is 50.3 Å². The van der Waals surface area contributed by atoms with Crippen LogP contribution in [0.15, 0.2) is 29.3 Å². The van der Waals surface area contributed by atoms with Crippen LogP contribution in [-0.4, -0.2) is 30.3 Å². The van der Waals surface area contributed by atoms with Gasteiger partial charge in [-0.1, -0.05) is 17.7 Å². The second kappa shape index (κ2) is 5.23. The fraction of sp³-hybridized carbons (Fsp3) is 0.400. The molecule has 0 unspecified atom stereocenters. The molecule has 6 heteroatoms. The van der Waals surface area contributed by atoms with Gasteiger partial charge in [-0.25, -0.2) is 13.4 Å². The van der Waals surface area contributed by atoms with E-state index in [1.807, 2.05) is 19.9 Å². The number of benzene rings is 1. The zero-order chi connectivity index (χ0) is 15.2. The summed E-state index contributed by atoms with van der Waals surface area (Å²) >= 11 is 6.12. The SMILES string of the molecule is Cc1cnc(Cl)c2cc(S(=O)(=O)N3CCC[C@@H]3C)ccc12. The van der Waals surface area contributed by atoms with Crippen LogP contribution in [0.25, 0.3) is 10.8 Å². The van der Waals surface area contributed by atoms with Gasteiger partial charge in [0, 0.05) is 24.2 Å².